The van der Waals surface area contributed by atoms with Crippen molar-refractivity contribution < 1.29 is 19.6 Å². The van der Waals surface area contributed by atoms with Gasteiger partial charge in [-0.25, -0.2) is 5.48 Å². The number of nitrogens with two attached hydrogens (primary N) is 1. The van der Waals surface area contributed by atoms with Crippen LogP contribution in [0.3, 0.4) is 0 Å². The summed E-state index contributed by atoms with van der Waals surface area (Å²) in [5, 5.41) is 10.7. The molecule has 9 heteroatoms. The number of nitrogens with one attached hydrogen (secondary N) is 2. The number of carbonyl (C=O) groups is 3. The van der Waals surface area contributed by atoms with Gasteiger partial charge in [-0.1, -0.05) is 70.2 Å². The van der Waals surface area contributed by atoms with E-state index in [1.807, 2.05) is 70.2 Å². The molecule has 1 aromatic carbocycles. The highest BCUT2D eigenvalue weighted by Crippen LogP contribution is 2.26. The van der Waals surface area contributed by atoms with E-state index in [1.54, 1.807) is 5.48 Å². The Morgan fingerprint density at radius 1 is 1.00 bits per heavy atom. The zero-order valence-corrected chi connectivity index (χ0v) is 22.2. The van der Waals surface area contributed by atoms with Crippen molar-refractivity contribution in [2.24, 2.45) is 29.4 Å². The van der Waals surface area contributed by atoms with Crippen LogP contribution in [0.25, 0.3) is 6.08 Å². The van der Waals surface area contributed by atoms with Crippen molar-refractivity contribution in [3.63, 3.8) is 0 Å². The van der Waals surface area contributed by atoms with Crippen LogP contribution in [0.15, 0.2) is 36.4 Å². The number of nitrogens with zero attached hydrogens (tertiary/aromatic N) is 1. The molecule has 0 aromatic heterocycles. The Kier molecular flexibility index (Phi) is 16.7. The fourth-order valence-electron chi connectivity index (χ4n) is 3.76. The van der Waals surface area contributed by atoms with Gasteiger partial charge in [0.05, 0.1) is 11.8 Å². The van der Waals surface area contributed by atoms with Gasteiger partial charge < -0.3 is 5.73 Å². The molecule has 8 nitrogen and oxygen atoms in total. The van der Waals surface area contributed by atoms with Crippen molar-refractivity contribution in [2.75, 3.05) is 13.1 Å². The van der Waals surface area contributed by atoms with Crippen molar-refractivity contribution in [1.82, 2.24) is 15.9 Å². The molecule has 0 heterocycles. The normalized spacial score (nSPS) is 12.8. The quantitative estimate of drug-likeness (QED) is 0.171. The first-order chi connectivity index (χ1) is 16.2. The first-order valence-corrected chi connectivity index (χ1v) is 12.2. The lowest BCUT2D eigenvalue weighted by atomic mass is 9.82. The summed E-state index contributed by atoms with van der Waals surface area (Å²) in [6.45, 7) is 8.75. The molecule has 5 N–H and O–H groups in total. The third kappa shape index (κ3) is 12.7. The monoisotopic (exact) mass is 510 g/mol. The fourth-order valence-corrected chi connectivity index (χ4v) is 3.76. The van der Waals surface area contributed by atoms with Gasteiger partial charge in [-0.3, -0.25) is 30.0 Å². The maximum absolute atomic E-state index is 13.4. The smallest absolute Gasteiger partial charge is 0.247 e. The van der Waals surface area contributed by atoms with E-state index in [0.717, 1.165) is 12.0 Å². The van der Waals surface area contributed by atoms with Gasteiger partial charge in [0.25, 0.3) is 0 Å². The molecule has 0 radical (unpaired) electrons. The number of hydrazine groups is 1. The molecule has 0 aliphatic carbocycles. The van der Waals surface area contributed by atoms with Gasteiger partial charge in [0, 0.05) is 13.0 Å². The number of hydroxylamine groups is 1. The van der Waals surface area contributed by atoms with Crippen LogP contribution in [0.2, 0.25) is 0 Å². The second kappa shape index (κ2) is 17.9. The number of amides is 3. The minimum absolute atomic E-state index is 0. The molecule has 3 amide bonds. The zero-order valence-electron chi connectivity index (χ0n) is 21.4. The Bertz CT molecular complexity index is 787. The molecule has 1 aromatic rings. The van der Waals surface area contributed by atoms with E-state index in [4.69, 9.17) is 5.73 Å². The van der Waals surface area contributed by atoms with Crippen molar-refractivity contribution in [3.8, 4) is 0 Å². The van der Waals surface area contributed by atoms with Crippen molar-refractivity contribution in [2.45, 2.75) is 59.8 Å². The summed E-state index contributed by atoms with van der Waals surface area (Å²) in [7, 11) is 0. The summed E-state index contributed by atoms with van der Waals surface area (Å²) in [4.78, 5) is 38.7. The standard InChI is InChI=1S/C26H42N4O4.ClH/c1-19(2)17-23(22(26(33)29-34)14-10-13-21-11-6-5-7-12-21)25(32)28-30(18-20(3)4)24(31)15-8-9-16-27;/h5-7,10-13,19-20,22-23,34H,8-9,14-18,27H2,1-4H3,(H,28,32)(H,29,33);1H/t22-,23+;/m0./s1. The number of carbonyl (C=O) groups excluding carboxylic acids is 3. The molecule has 0 saturated heterocycles. The number of benzene rings is 1. The summed E-state index contributed by atoms with van der Waals surface area (Å²) in [5.41, 5.74) is 11.0. The third-order valence-corrected chi connectivity index (χ3v) is 5.43. The fraction of sp³-hybridized carbons (Fsp3) is 0.577. The highest BCUT2D eigenvalue weighted by molar-refractivity contribution is 5.89. The molecule has 0 unspecified atom stereocenters. The molecular weight excluding hydrogens is 468 g/mol. The summed E-state index contributed by atoms with van der Waals surface area (Å²) in [5.74, 6) is -2.44. The minimum atomic E-state index is -0.791. The number of unbranched alkanes of at least 4 members (excludes halogenated alkanes) is 1. The topological polar surface area (TPSA) is 125 Å². The number of hydrogen-bond acceptors (Lipinski definition) is 5. The molecule has 0 spiro atoms. The first kappa shape index (κ1) is 32.6. The van der Waals surface area contributed by atoms with Crippen molar-refractivity contribution in [3.05, 3.63) is 42.0 Å². The first-order valence-electron chi connectivity index (χ1n) is 12.2. The molecule has 0 bridgehead atoms. The minimum Gasteiger partial charge on any atom is -0.330 e. The SMILES string of the molecule is CC(C)C[C@@H](C(=O)NN(CC(C)C)C(=O)CCCCN)[C@H](CC=Cc1ccccc1)C(=O)NO.Cl. The van der Waals surface area contributed by atoms with Crippen LogP contribution in [-0.2, 0) is 14.4 Å². The molecule has 0 aliphatic rings. The summed E-state index contributed by atoms with van der Waals surface area (Å²) < 4.78 is 0. The number of rotatable bonds is 14. The van der Waals surface area contributed by atoms with E-state index < -0.39 is 23.7 Å². The Labute approximate surface area is 216 Å². The second-order valence-corrected chi connectivity index (χ2v) is 9.49. The highest BCUT2D eigenvalue weighted by Gasteiger charge is 2.34. The zero-order chi connectivity index (χ0) is 25.5. The van der Waals surface area contributed by atoms with Crippen LogP contribution in [-0.4, -0.2) is 41.0 Å². The van der Waals surface area contributed by atoms with Gasteiger partial charge in [-0.05, 0) is 49.6 Å². The molecular formula is C26H43ClN4O4. The second-order valence-electron chi connectivity index (χ2n) is 9.49. The predicted octanol–water partition coefficient (Wildman–Crippen LogP) is 3.94. The average Bonchev–Trinajstić information content (AvgIpc) is 2.80. The van der Waals surface area contributed by atoms with Crippen LogP contribution in [0.1, 0.15) is 65.4 Å². The lowest BCUT2D eigenvalue weighted by Crippen LogP contribution is -2.52. The van der Waals surface area contributed by atoms with E-state index in [1.165, 1.54) is 5.01 Å². The van der Waals surface area contributed by atoms with Crippen LogP contribution in [0.4, 0.5) is 0 Å². The molecule has 0 saturated carbocycles. The Morgan fingerprint density at radius 2 is 1.66 bits per heavy atom. The van der Waals surface area contributed by atoms with Crippen molar-refractivity contribution >= 4 is 36.2 Å². The Hall–Kier alpha value is -2.42. The lowest BCUT2D eigenvalue weighted by molar-refractivity contribution is -0.148. The van der Waals surface area contributed by atoms with Crippen LogP contribution < -0.4 is 16.6 Å². The number of hydrogen-bond donors (Lipinski definition) is 4. The molecule has 198 valence electrons. The third-order valence-electron chi connectivity index (χ3n) is 5.43. The Balaban J connectivity index is 0.0000116. The molecule has 2 atom stereocenters. The van der Waals surface area contributed by atoms with Crippen LogP contribution >= 0.6 is 12.4 Å². The molecule has 1 rings (SSSR count). The maximum atomic E-state index is 13.4. The van der Waals surface area contributed by atoms with Crippen molar-refractivity contribution in [1.29, 1.82) is 0 Å². The van der Waals surface area contributed by atoms with Crippen LogP contribution in [0.5, 0.6) is 0 Å². The lowest BCUT2D eigenvalue weighted by Gasteiger charge is -2.30. The van der Waals surface area contributed by atoms with Gasteiger partial charge in [0.15, 0.2) is 0 Å². The van der Waals surface area contributed by atoms with E-state index in [2.05, 4.69) is 5.43 Å². The maximum Gasteiger partial charge on any atom is 0.247 e. The highest BCUT2D eigenvalue weighted by atomic mass is 35.5. The van der Waals surface area contributed by atoms with E-state index in [-0.39, 0.29) is 36.6 Å². The largest absolute Gasteiger partial charge is 0.330 e. The van der Waals surface area contributed by atoms with Gasteiger partial charge in [0.1, 0.15) is 0 Å². The Morgan fingerprint density at radius 3 is 2.20 bits per heavy atom. The summed E-state index contributed by atoms with van der Waals surface area (Å²) in [6, 6.07) is 9.63. The van der Waals surface area contributed by atoms with Gasteiger partial charge in [-0.15, -0.1) is 12.4 Å². The van der Waals surface area contributed by atoms with Crippen LogP contribution in [0, 0.1) is 23.7 Å². The average molecular weight is 511 g/mol. The van der Waals surface area contributed by atoms with E-state index >= 15 is 0 Å². The predicted molar refractivity (Wildman–Crippen MR) is 141 cm³/mol. The van der Waals surface area contributed by atoms with Gasteiger partial charge in [-0.2, -0.15) is 0 Å². The van der Waals surface area contributed by atoms with E-state index in [0.29, 0.717) is 32.4 Å². The summed E-state index contributed by atoms with van der Waals surface area (Å²) in [6.07, 6.45) is 6.08. The summed E-state index contributed by atoms with van der Waals surface area (Å²) >= 11 is 0. The molecule has 0 fully saturated rings. The van der Waals surface area contributed by atoms with E-state index in [9.17, 15) is 19.6 Å². The van der Waals surface area contributed by atoms with Gasteiger partial charge >= 0.3 is 0 Å². The molecule has 0 aliphatic heterocycles. The number of halogens is 1. The number of allylic oxidation sites excluding steroid dienone is 1. The molecule has 35 heavy (non-hydrogen) atoms. The van der Waals surface area contributed by atoms with Gasteiger partial charge in [0.2, 0.25) is 17.7 Å².